The van der Waals surface area contributed by atoms with Crippen LogP contribution in [0.3, 0.4) is 0 Å². The van der Waals surface area contributed by atoms with Gasteiger partial charge in [0, 0.05) is 25.5 Å². The number of nitrogens with one attached hydrogen (secondary N) is 1. The highest BCUT2D eigenvalue weighted by atomic mass is 16.2. The van der Waals surface area contributed by atoms with Crippen molar-refractivity contribution >= 4 is 11.8 Å². The quantitative estimate of drug-likeness (QED) is 0.629. The summed E-state index contributed by atoms with van der Waals surface area (Å²) in [6.07, 6.45) is 5.30. The van der Waals surface area contributed by atoms with Crippen LogP contribution in [0.5, 0.6) is 0 Å². The predicted octanol–water partition coefficient (Wildman–Crippen LogP) is 2.25. The summed E-state index contributed by atoms with van der Waals surface area (Å²) in [5.74, 6) is -0.345. The highest BCUT2D eigenvalue weighted by Crippen LogP contribution is 2.22. The minimum atomic E-state index is -0.172. The second-order valence-electron chi connectivity index (χ2n) is 5.55. The maximum atomic E-state index is 12.2. The Kier molecular flexibility index (Phi) is 4.78. The van der Waals surface area contributed by atoms with Crippen molar-refractivity contribution < 1.29 is 9.59 Å². The normalized spacial score (nSPS) is 13.5. The number of benzene rings is 1. The first-order valence-electron chi connectivity index (χ1n) is 7.82. The Balaban J connectivity index is 1.40. The summed E-state index contributed by atoms with van der Waals surface area (Å²) in [6.45, 7) is 2.10. The van der Waals surface area contributed by atoms with Gasteiger partial charge in [0.25, 0.3) is 11.8 Å². The van der Waals surface area contributed by atoms with Gasteiger partial charge in [0.15, 0.2) is 0 Å². The van der Waals surface area contributed by atoms with E-state index >= 15 is 0 Å². The molecule has 5 heteroatoms. The molecule has 0 saturated heterocycles. The van der Waals surface area contributed by atoms with Gasteiger partial charge in [0.05, 0.1) is 11.1 Å². The van der Waals surface area contributed by atoms with Crippen molar-refractivity contribution in [2.24, 2.45) is 0 Å². The molecule has 0 radical (unpaired) electrons. The number of carbonyl (C=O) groups is 2. The second kappa shape index (κ2) is 7.15. The average molecular weight is 309 g/mol. The highest BCUT2D eigenvalue weighted by Gasteiger charge is 2.34. The lowest BCUT2D eigenvalue weighted by Crippen LogP contribution is -2.31. The van der Waals surface area contributed by atoms with Crippen molar-refractivity contribution in [3.8, 4) is 0 Å². The maximum absolute atomic E-state index is 12.2. The second-order valence-corrected chi connectivity index (χ2v) is 5.55. The fourth-order valence-electron chi connectivity index (χ4n) is 2.70. The Morgan fingerprint density at radius 1 is 0.957 bits per heavy atom. The average Bonchev–Trinajstić information content (AvgIpc) is 2.84. The number of nitrogens with zero attached hydrogens (tertiary/aromatic N) is 2. The zero-order valence-electron chi connectivity index (χ0n) is 12.9. The minimum absolute atomic E-state index is 0.172. The summed E-state index contributed by atoms with van der Waals surface area (Å²) in [7, 11) is 0. The van der Waals surface area contributed by atoms with Gasteiger partial charge in [0.2, 0.25) is 0 Å². The molecular weight excluding hydrogens is 290 g/mol. The van der Waals surface area contributed by atoms with Gasteiger partial charge in [-0.05, 0) is 43.1 Å². The molecule has 23 heavy (non-hydrogen) atoms. The molecule has 0 aliphatic carbocycles. The number of amides is 2. The van der Waals surface area contributed by atoms with Crippen molar-refractivity contribution in [3.63, 3.8) is 0 Å². The smallest absolute Gasteiger partial charge is 0.261 e. The topological polar surface area (TPSA) is 62.3 Å². The van der Waals surface area contributed by atoms with Crippen LogP contribution >= 0.6 is 0 Å². The van der Waals surface area contributed by atoms with E-state index in [0.717, 1.165) is 31.5 Å². The molecule has 0 bridgehead atoms. The first-order valence-corrected chi connectivity index (χ1v) is 7.82. The molecule has 0 fully saturated rings. The largest absolute Gasteiger partial charge is 0.313 e. The molecule has 1 N–H and O–H groups in total. The van der Waals surface area contributed by atoms with Gasteiger partial charge in [-0.3, -0.25) is 19.5 Å². The number of hydrogen-bond acceptors (Lipinski definition) is 4. The van der Waals surface area contributed by atoms with E-state index in [4.69, 9.17) is 0 Å². The van der Waals surface area contributed by atoms with Crippen LogP contribution in [0.4, 0.5) is 0 Å². The van der Waals surface area contributed by atoms with E-state index in [0.29, 0.717) is 17.7 Å². The number of carbonyl (C=O) groups excluding carboxylic acids is 2. The summed E-state index contributed by atoms with van der Waals surface area (Å²) in [4.78, 5) is 29.8. The van der Waals surface area contributed by atoms with Crippen LogP contribution in [0.15, 0.2) is 48.8 Å². The fourth-order valence-corrected chi connectivity index (χ4v) is 2.70. The molecular formula is C18H19N3O2. The summed E-state index contributed by atoms with van der Waals surface area (Å²) in [5.41, 5.74) is 2.19. The zero-order chi connectivity index (χ0) is 16.1. The summed E-state index contributed by atoms with van der Waals surface area (Å²) < 4.78 is 0. The van der Waals surface area contributed by atoms with E-state index in [1.807, 2.05) is 18.3 Å². The minimum Gasteiger partial charge on any atom is -0.313 e. The van der Waals surface area contributed by atoms with E-state index in [9.17, 15) is 9.59 Å². The number of fused-ring (bicyclic) bond motifs is 1. The summed E-state index contributed by atoms with van der Waals surface area (Å²) in [5, 5.41) is 3.34. The van der Waals surface area contributed by atoms with Crippen LogP contribution in [0.2, 0.25) is 0 Å². The Morgan fingerprint density at radius 3 is 2.35 bits per heavy atom. The van der Waals surface area contributed by atoms with Crippen LogP contribution in [0.1, 0.15) is 39.1 Å². The van der Waals surface area contributed by atoms with E-state index in [-0.39, 0.29) is 11.8 Å². The number of imide groups is 1. The SMILES string of the molecule is O=C1c2ccccc2C(=O)N1CCCCNCc1cccnc1. The van der Waals surface area contributed by atoms with Gasteiger partial charge in [-0.2, -0.15) is 0 Å². The molecule has 1 aromatic heterocycles. The number of pyridine rings is 1. The molecule has 2 aromatic rings. The van der Waals surface area contributed by atoms with Crippen LogP contribution < -0.4 is 5.32 Å². The van der Waals surface area contributed by atoms with Gasteiger partial charge in [0.1, 0.15) is 0 Å². The van der Waals surface area contributed by atoms with Crippen LogP contribution in [-0.2, 0) is 6.54 Å². The molecule has 0 saturated carbocycles. The standard InChI is InChI=1S/C18H19N3O2/c22-17-15-7-1-2-8-16(15)18(23)21(17)11-4-3-9-19-12-14-6-5-10-20-13-14/h1-2,5-8,10,13,19H,3-4,9,11-12H2. The third-order valence-corrected chi connectivity index (χ3v) is 3.92. The molecule has 3 rings (SSSR count). The summed E-state index contributed by atoms with van der Waals surface area (Å²) >= 11 is 0. The molecule has 2 heterocycles. The Labute approximate surface area is 135 Å². The molecule has 118 valence electrons. The predicted molar refractivity (Wildman–Crippen MR) is 87.0 cm³/mol. The first kappa shape index (κ1) is 15.4. The van der Waals surface area contributed by atoms with E-state index in [1.54, 1.807) is 30.5 Å². The first-order chi connectivity index (χ1) is 11.3. The lowest BCUT2D eigenvalue weighted by Gasteiger charge is -2.13. The van der Waals surface area contributed by atoms with Gasteiger partial charge in [-0.15, -0.1) is 0 Å². The monoisotopic (exact) mass is 309 g/mol. The van der Waals surface area contributed by atoms with E-state index in [2.05, 4.69) is 10.3 Å². The molecule has 1 aliphatic heterocycles. The molecule has 0 unspecified atom stereocenters. The maximum Gasteiger partial charge on any atom is 0.261 e. The zero-order valence-corrected chi connectivity index (χ0v) is 12.9. The van der Waals surface area contributed by atoms with Gasteiger partial charge in [-0.25, -0.2) is 0 Å². The molecule has 0 spiro atoms. The number of rotatable bonds is 7. The number of hydrogen-bond donors (Lipinski definition) is 1. The fraction of sp³-hybridized carbons (Fsp3) is 0.278. The van der Waals surface area contributed by atoms with Crippen molar-refractivity contribution in [2.75, 3.05) is 13.1 Å². The number of unbranched alkanes of at least 4 members (excludes halogenated alkanes) is 1. The lowest BCUT2D eigenvalue weighted by atomic mass is 10.1. The Morgan fingerprint density at radius 2 is 1.70 bits per heavy atom. The van der Waals surface area contributed by atoms with Gasteiger partial charge >= 0.3 is 0 Å². The van der Waals surface area contributed by atoms with Crippen LogP contribution in [0.25, 0.3) is 0 Å². The van der Waals surface area contributed by atoms with Crippen LogP contribution in [0, 0.1) is 0 Å². The van der Waals surface area contributed by atoms with E-state index in [1.165, 1.54) is 4.90 Å². The highest BCUT2D eigenvalue weighted by molar-refractivity contribution is 6.21. The molecule has 2 amide bonds. The third kappa shape index (κ3) is 3.46. The Hall–Kier alpha value is -2.53. The van der Waals surface area contributed by atoms with Crippen molar-refractivity contribution in [3.05, 3.63) is 65.5 Å². The molecule has 5 nitrogen and oxygen atoms in total. The van der Waals surface area contributed by atoms with Crippen LogP contribution in [-0.4, -0.2) is 34.8 Å². The van der Waals surface area contributed by atoms with E-state index < -0.39 is 0 Å². The van der Waals surface area contributed by atoms with Crippen molar-refractivity contribution in [1.29, 1.82) is 0 Å². The Bertz CT molecular complexity index is 665. The summed E-state index contributed by atoms with van der Waals surface area (Å²) in [6, 6.07) is 10.9. The number of aromatic nitrogens is 1. The molecule has 1 aromatic carbocycles. The third-order valence-electron chi connectivity index (χ3n) is 3.92. The van der Waals surface area contributed by atoms with Crippen molar-refractivity contribution in [1.82, 2.24) is 15.2 Å². The lowest BCUT2D eigenvalue weighted by molar-refractivity contribution is 0.0651. The van der Waals surface area contributed by atoms with Crippen molar-refractivity contribution in [2.45, 2.75) is 19.4 Å². The van der Waals surface area contributed by atoms with Gasteiger partial charge in [-0.1, -0.05) is 18.2 Å². The molecule has 1 aliphatic rings. The molecule has 0 atom stereocenters. The van der Waals surface area contributed by atoms with Gasteiger partial charge < -0.3 is 5.32 Å².